The topological polar surface area (TPSA) is 100 Å². The molecular weight excluding hydrogens is 490 g/mol. The summed E-state index contributed by atoms with van der Waals surface area (Å²) in [5, 5.41) is 9.11. The maximum absolute atomic E-state index is 13.0. The summed E-state index contributed by atoms with van der Waals surface area (Å²) in [5.41, 5.74) is 2.47. The molecule has 0 spiro atoms. The Labute approximate surface area is 216 Å². The highest BCUT2D eigenvalue weighted by Gasteiger charge is 2.22. The molecule has 1 amide bonds. The van der Waals surface area contributed by atoms with Crippen molar-refractivity contribution >= 4 is 28.9 Å². The lowest BCUT2D eigenvalue weighted by atomic mass is 10.3. The van der Waals surface area contributed by atoms with Gasteiger partial charge in [0.25, 0.3) is 11.5 Å². The molecule has 5 aromatic rings. The molecule has 0 radical (unpaired) electrons. The number of amides is 1. The van der Waals surface area contributed by atoms with Crippen LogP contribution < -0.4 is 10.9 Å². The third kappa shape index (κ3) is 4.74. The Bertz CT molecular complexity index is 1620. The Morgan fingerprint density at radius 1 is 0.973 bits per heavy atom. The minimum atomic E-state index is -0.708. The molecule has 0 saturated carbocycles. The largest absolute Gasteiger partial charge is 0.451 e. The first-order chi connectivity index (χ1) is 17.9. The molecule has 0 aliphatic carbocycles. The zero-order chi connectivity index (χ0) is 25.9. The van der Waals surface area contributed by atoms with Gasteiger partial charge in [-0.25, -0.2) is 14.2 Å². The third-order valence-electron chi connectivity index (χ3n) is 5.85. The number of carbonyl (C=O) groups excluding carboxylic acids is 2. The van der Waals surface area contributed by atoms with Gasteiger partial charge in [-0.3, -0.25) is 14.3 Å². The molecule has 3 heterocycles. The van der Waals surface area contributed by atoms with E-state index < -0.39 is 18.5 Å². The quantitative estimate of drug-likeness (QED) is 0.329. The molecule has 9 nitrogen and oxygen atoms in total. The van der Waals surface area contributed by atoms with Gasteiger partial charge < -0.3 is 10.1 Å². The van der Waals surface area contributed by atoms with E-state index in [4.69, 9.17) is 4.74 Å². The maximum atomic E-state index is 13.0. The van der Waals surface area contributed by atoms with Crippen LogP contribution in [0, 0.1) is 6.92 Å². The number of para-hydroxylation sites is 2. The van der Waals surface area contributed by atoms with Crippen molar-refractivity contribution in [3.05, 3.63) is 106 Å². The van der Waals surface area contributed by atoms with Crippen molar-refractivity contribution in [1.82, 2.24) is 19.1 Å². The van der Waals surface area contributed by atoms with E-state index in [0.717, 1.165) is 4.88 Å². The fourth-order valence-corrected chi connectivity index (χ4v) is 4.61. The summed E-state index contributed by atoms with van der Waals surface area (Å²) in [6, 6.07) is 23.8. The first kappa shape index (κ1) is 24.0. The van der Waals surface area contributed by atoms with E-state index in [1.54, 1.807) is 36.9 Å². The lowest BCUT2D eigenvalue weighted by Crippen LogP contribution is -2.26. The van der Waals surface area contributed by atoms with Crippen molar-refractivity contribution in [2.75, 3.05) is 11.9 Å². The number of nitrogens with one attached hydrogen (secondary N) is 1. The van der Waals surface area contributed by atoms with Crippen LogP contribution in [0.5, 0.6) is 0 Å². The normalized spacial score (nSPS) is 10.9. The number of hydrogen-bond acceptors (Lipinski definition) is 6. The Hall–Kier alpha value is -4.70. The zero-order valence-corrected chi connectivity index (χ0v) is 20.9. The van der Waals surface area contributed by atoms with Crippen LogP contribution in [0.4, 0.5) is 5.69 Å². The second-order valence-corrected chi connectivity index (χ2v) is 9.15. The Morgan fingerprint density at radius 2 is 1.65 bits per heavy atom. The van der Waals surface area contributed by atoms with Gasteiger partial charge in [-0.15, -0.1) is 11.3 Å². The SMILES string of the molecule is Cc1c(NC(=O)COC(=O)c2cc(-c3cccs3)nn2-c2ccccc2)c(=O)n(-c2ccccc2)n1C. The van der Waals surface area contributed by atoms with Gasteiger partial charge in [0.1, 0.15) is 11.4 Å². The highest BCUT2D eigenvalue weighted by Crippen LogP contribution is 2.26. The number of aromatic nitrogens is 4. The fraction of sp³-hybridized carbons (Fsp3) is 0.111. The van der Waals surface area contributed by atoms with Crippen LogP contribution >= 0.6 is 11.3 Å². The number of hydrogen-bond donors (Lipinski definition) is 1. The average molecular weight is 514 g/mol. The summed E-state index contributed by atoms with van der Waals surface area (Å²) in [5.74, 6) is -1.33. The molecule has 0 saturated heterocycles. The van der Waals surface area contributed by atoms with Crippen molar-refractivity contribution in [2.45, 2.75) is 6.92 Å². The zero-order valence-electron chi connectivity index (χ0n) is 20.1. The van der Waals surface area contributed by atoms with Crippen LogP contribution in [0.25, 0.3) is 21.9 Å². The molecule has 2 aromatic carbocycles. The summed E-state index contributed by atoms with van der Waals surface area (Å²) in [6.45, 7) is 1.17. The van der Waals surface area contributed by atoms with Gasteiger partial charge in [0.15, 0.2) is 12.3 Å². The van der Waals surface area contributed by atoms with Crippen molar-refractivity contribution in [3.8, 4) is 21.9 Å². The van der Waals surface area contributed by atoms with Crippen molar-refractivity contribution in [1.29, 1.82) is 0 Å². The average Bonchev–Trinajstić information content (AvgIpc) is 3.65. The third-order valence-corrected chi connectivity index (χ3v) is 6.74. The minimum absolute atomic E-state index is 0.127. The molecule has 0 bridgehead atoms. The number of carbonyl (C=O) groups is 2. The van der Waals surface area contributed by atoms with Crippen LogP contribution in [0.1, 0.15) is 16.2 Å². The van der Waals surface area contributed by atoms with Gasteiger partial charge in [-0.1, -0.05) is 42.5 Å². The van der Waals surface area contributed by atoms with Crippen LogP contribution in [0.3, 0.4) is 0 Å². The fourth-order valence-electron chi connectivity index (χ4n) is 3.93. The van der Waals surface area contributed by atoms with Crippen LogP contribution in [0.2, 0.25) is 0 Å². The highest BCUT2D eigenvalue weighted by atomic mass is 32.1. The predicted octanol–water partition coefficient (Wildman–Crippen LogP) is 4.19. The molecule has 10 heteroatoms. The van der Waals surface area contributed by atoms with Gasteiger partial charge in [-0.05, 0) is 42.6 Å². The van der Waals surface area contributed by atoms with Gasteiger partial charge >= 0.3 is 5.97 Å². The Balaban J connectivity index is 1.34. The van der Waals surface area contributed by atoms with E-state index in [1.165, 1.54) is 20.7 Å². The number of ether oxygens (including phenoxy) is 1. The van der Waals surface area contributed by atoms with E-state index >= 15 is 0 Å². The smallest absolute Gasteiger partial charge is 0.357 e. The van der Waals surface area contributed by atoms with Gasteiger partial charge in [0, 0.05) is 13.1 Å². The summed E-state index contributed by atoms with van der Waals surface area (Å²) in [7, 11) is 1.73. The lowest BCUT2D eigenvalue weighted by molar-refractivity contribution is -0.119. The second-order valence-electron chi connectivity index (χ2n) is 8.20. The van der Waals surface area contributed by atoms with E-state index in [9.17, 15) is 14.4 Å². The summed E-state index contributed by atoms with van der Waals surface area (Å²) in [4.78, 5) is 39.6. The van der Waals surface area contributed by atoms with Crippen molar-refractivity contribution < 1.29 is 14.3 Å². The molecule has 0 unspecified atom stereocenters. The molecule has 5 rings (SSSR count). The number of nitrogens with zero attached hydrogens (tertiary/aromatic N) is 4. The minimum Gasteiger partial charge on any atom is -0.451 e. The summed E-state index contributed by atoms with van der Waals surface area (Å²) < 4.78 is 9.94. The number of thiophene rings is 1. The van der Waals surface area contributed by atoms with Crippen molar-refractivity contribution in [2.24, 2.45) is 7.05 Å². The molecule has 3 aromatic heterocycles. The summed E-state index contributed by atoms with van der Waals surface area (Å²) in [6.07, 6.45) is 0. The first-order valence-corrected chi connectivity index (χ1v) is 12.3. The highest BCUT2D eigenvalue weighted by molar-refractivity contribution is 7.13. The molecule has 1 N–H and O–H groups in total. The molecule has 0 aliphatic heterocycles. The molecule has 0 fully saturated rings. The molecular formula is C27H23N5O4S. The van der Waals surface area contributed by atoms with E-state index in [2.05, 4.69) is 10.4 Å². The van der Waals surface area contributed by atoms with Crippen LogP contribution in [0.15, 0.2) is 89.0 Å². The van der Waals surface area contributed by atoms with Gasteiger partial charge in [-0.2, -0.15) is 5.10 Å². The maximum Gasteiger partial charge on any atom is 0.357 e. The monoisotopic (exact) mass is 513 g/mol. The first-order valence-electron chi connectivity index (χ1n) is 11.4. The van der Waals surface area contributed by atoms with Gasteiger partial charge in [0.05, 0.1) is 21.9 Å². The Kier molecular flexibility index (Phi) is 6.57. The van der Waals surface area contributed by atoms with Crippen molar-refractivity contribution in [3.63, 3.8) is 0 Å². The number of esters is 1. The molecule has 186 valence electrons. The number of anilines is 1. The van der Waals surface area contributed by atoms with E-state index in [0.29, 0.717) is 22.8 Å². The molecule has 0 atom stereocenters. The molecule has 37 heavy (non-hydrogen) atoms. The van der Waals surface area contributed by atoms with Gasteiger partial charge in [0.2, 0.25) is 0 Å². The number of benzene rings is 2. The predicted molar refractivity (Wildman–Crippen MR) is 142 cm³/mol. The summed E-state index contributed by atoms with van der Waals surface area (Å²) >= 11 is 1.50. The van der Waals surface area contributed by atoms with Crippen LogP contribution in [-0.4, -0.2) is 37.6 Å². The lowest BCUT2D eigenvalue weighted by Gasteiger charge is -2.08. The standard InChI is InChI=1S/C27H23N5O4S/c1-18-25(26(34)32(30(18)2)20-12-7-4-8-13-20)28-24(33)17-36-27(35)22-16-21(23-14-9-15-37-23)29-31(22)19-10-5-3-6-11-19/h3-16H,17H2,1-2H3,(H,28,33). The number of rotatable bonds is 7. The van der Waals surface area contributed by atoms with E-state index in [-0.39, 0.29) is 16.9 Å². The molecule has 0 aliphatic rings. The second kappa shape index (κ2) is 10.1. The van der Waals surface area contributed by atoms with E-state index in [1.807, 2.05) is 66.0 Å². The van der Waals surface area contributed by atoms with Crippen LogP contribution in [-0.2, 0) is 16.6 Å². The Morgan fingerprint density at radius 3 is 2.30 bits per heavy atom.